The number of carbonyl (C=O) groups excluding carboxylic acids is 1. The van der Waals surface area contributed by atoms with Gasteiger partial charge in [-0.1, -0.05) is 19.3 Å². The molecule has 3 nitrogen and oxygen atoms in total. The lowest BCUT2D eigenvalue weighted by atomic mass is 9.74. The predicted octanol–water partition coefficient (Wildman–Crippen LogP) is 3.71. The number of ether oxygens (including phenoxy) is 1. The van der Waals surface area contributed by atoms with Crippen molar-refractivity contribution in [3.8, 4) is 0 Å². The van der Waals surface area contributed by atoms with Crippen LogP contribution in [0.4, 0.5) is 0 Å². The van der Waals surface area contributed by atoms with Gasteiger partial charge in [0.2, 0.25) is 0 Å². The zero-order valence-corrected chi connectivity index (χ0v) is 12.7. The first-order valence-electron chi connectivity index (χ1n) is 8.33. The molecule has 1 aromatic heterocycles. The summed E-state index contributed by atoms with van der Waals surface area (Å²) in [6, 6.07) is 4.00. The fourth-order valence-corrected chi connectivity index (χ4v) is 3.87. The van der Waals surface area contributed by atoms with E-state index in [1.807, 2.05) is 12.1 Å². The molecule has 0 radical (unpaired) electrons. The molecule has 3 heteroatoms. The Labute approximate surface area is 127 Å². The number of pyridine rings is 1. The molecule has 2 heterocycles. The summed E-state index contributed by atoms with van der Waals surface area (Å²) in [6.07, 6.45) is 13.1. The largest absolute Gasteiger partial charge is 0.375 e. The summed E-state index contributed by atoms with van der Waals surface area (Å²) < 4.78 is 6.09. The molecule has 1 aromatic rings. The molecule has 2 aliphatic rings. The Morgan fingerprint density at radius 1 is 1.24 bits per heavy atom. The van der Waals surface area contributed by atoms with Crippen LogP contribution in [0.5, 0.6) is 0 Å². The summed E-state index contributed by atoms with van der Waals surface area (Å²) in [5, 5.41) is 0. The number of hydrogen-bond acceptors (Lipinski definition) is 3. The number of Topliss-reactive ketones (excluding diaryl/α,β-unsaturated/α-hetero) is 1. The van der Waals surface area contributed by atoms with Crippen molar-refractivity contribution < 1.29 is 9.53 Å². The van der Waals surface area contributed by atoms with Crippen LogP contribution in [0, 0.1) is 5.92 Å². The van der Waals surface area contributed by atoms with E-state index in [0.717, 1.165) is 38.7 Å². The molecular formula is C18H25NO2. The molecule has 1 aliphatic carbocycles. The van der Waals surface area contributed by atoms with E-state index in [1.165, 1.54) is 24.8 Å². The van der Waals surface area contributed by atoms with Crippen molar-refractivity contribution in [2.75, 3.05) is 6.61 Å². The molecule has 114 valence electrons. The van der Waals surface area contributed by atoms with E-state index < -0.39 is 0 Å². The molecule has 1 aliphatic heterocycles. The second-order valence-electron chi connectivity index (χ2n) is 6.60. The van der Waals surface area contributed by atoms with Gasteiger partial charge in [0, 0.05) is 31.3 Å². The zero-order valence-electron chi connectivity index (χ0n) is 12.7. The summed E-state index contributed by atoms with van der Waals surface area (Å²) in [6.45, 7) is 0.770. The topological polar surface area (TPSA) is 39.2 Å². The van der Waals surface area contributed by atoms with Gasteiger partial charge < -0.3 is 4.74 Å². The normalized spacial score (nSPS) is 24.9. The van der Waals surface area contributed by atoms with Crippen LogP contribution in [0.25, 0.3) is 0 Å². The summed E-state index contributed by atoms with van der Waals surface area (Å²) in [5.74, 6) is 0.652. The molecule has 1 unspecified atom stereocenters. The lowest BCUT2D eigenvalue weighted by Gasteiger charge is -2.43. The minimum atomic E-state index is 0.0352. The Balaban J connectivity index is 1.54. The van der Waals surface area contributed by atoms with Gasteiger partial charge >= 0.3 is 0 Å². The Bertz CT molecular complexity index is 460. The third kappa shape index (κ3) is 3.70. The van der Waals surface area contributed by atoms with E-state index in [1.54, 1.807) is 12.4 Å². The molecule has 0 aromatic carbocycles. The summed E-state index contributed by atoms with van der Waals surface area (Å²) >= 11 is 0. The van der Waals surface area contributed by atoms with E-state index in [9.17, 15) is 4.79 Å². The van der Waals surface area contributed by atoms with Crippen LogP contribution in [0.1, 0.15) is 56.9 Å². The molecular weight excluding hydrogens is 262 g/mol. The first-order chi connectivity index (χ1) is 10.3. The maximum atomic E-state index is 12.5. The van der Waals surface area contributed by atoms with Gasteiger partial charge in [0.1, 0.15) is 5.78 Å². The zero-order chi connectivity index (χ0) is 14.5. The maximum absolute atomic E-state index is 12.5. The molecule has 2 fully saturated rings. The minimum Gasteiger partial charge on any atom is -0.375 e. The van der Waals surface area contributed by atoms with Crippen LogP contribution in [-0.2, 0) is 16.0 Å². The van der Waals surface area contributed by atoms with Crippen molar-refractivity contribution in [2.45, 2.75) is 63.4 Å². The molecule has 1 atom stereocenters. The van der Waals surface area contributed by atoms with Crippen molar-refractivity contribution in [1.29, 1.82) is 0 Å². The molecule has 1 spiro atoms. The second kappa shape index (κ2) is 6.69. The van der Waals surface area contributed by atoms with Gasteiger partial charge in [0.05, 0.1) is 5.60 Å². The standard InChI is InChI=1S/C18H25NO2/c20-17(5-4-15-6-11-19-12-7-15)16-8-13-21-18(14-16)9-2-1-3-10-18/h6-7,11-12,16H,1-5,8-10,13-14H2. The molecule has 3 rings (SSSR count). The highest BCUT2D eigenvalue weighted by atomic mass is 16.5. The van der Waals surface area contributed by atoms with Crippen molar-refractivity contribution >= 4 is 5.78 Å². The van der Waals surface area contributed by atoms with E-state index >= 15 is 0 Å². The van der Waals surface area contributed by atoms with Crippen LogP contribution < -0.4 is 0 Å². The Hall–Kier alpha value is -1.22. The third-order valence-corrected chi connectivity index (χ3v) is 5.12. The number of aryl methyl sites for hydroxylation is 1. The molecule has 1 saturated carbocycles. The quantitative estimate of drug-likeness (QED) is 0.847. The van der Waals surface area contributed by atoms with Gasteiger partial charge in [0.15, 0.2) is 0 Å². The van der Waals surface area contributed by atoms with Crippen LogP contribution in [0.15, 0.2) is 24.5 Å². The summed E-state index contributed by atoms with van der Waals surface area (Å²) in [4.78, 5) is 16.5. The van der Waals surface area contributed by atoms with Gasteiger partial charge in [-0.05, 0) is 49.8 Å². The van der Waals surface area contributed by atoms with E-state index in [4.69, 9.17) is 4.74 Å². The lowest BCUT2D eigenvalue weighted by Crippen LogP contribution is -2.43. The Morgan fingerprint density at radius 2 is 2.00 bits per heavy atom. The van der Waals surface area contributed by atoms with E-state index in [-0.39, 0.29) is 11.5 Å². The smallest absolute Gasteiger partial charge is 0.136 e. The van der Waals surface area contributed by atoms with Crippen LogP contribution in [0.2, 0.25) is 0 Å². The fraction of sp³-hybridized carbons (Fsp3) is 0.667. The maximum Gasteiger partial charge on any atom is 0.136 e. The highest BCUT2D eigenvalue weighted by molar-refractivity contribution is 5.81. The molecule has 0 bridgehead atoms. The van der Waals surface area contributed by atoms with E-state index in [2.05, 4.69) is 4.98 Å². The number of ketones is 1. The number of rotatable bonds is 4. The van der Waals surface area contributed by atoms with Crippen LogP contribution >= 0.6 is 0 Å². The van der Waals surface area contributed by atoms with Gasteiger partial charge in [-0.3, -0.25) is 9.78 Å². The minimum absolute atomic E-state index is 0.0352. The SMILES string of the molecule is O=C(CCc1ccncc1)C1CCOC2(CCCCC2)C1. The van der Waals surface area contributed by atoms with Crippen LogP contribution in [0.3, 0.4) is 0 Å². The van der Waals surface area contributed by atoms with Gasteiger partial charge in [-0.25, -0.2) is 0 Å². The Kier molecular flexibility index (Phi) is 4.69. The summed E-state index contributed by atoms with van der Waals surface area (Å²) in [7, 11) is 0. The van der Waals surface area contributed by atoms with Gasteiger partial charge in [0.25, 0.3) is 0 Å². The first kappa shape index (κ1) is 14.7. The monoisotopic (exact) mass is 287 g/mol. The molecule has 1 saturated heterocycles. The number of carbonyl (C=O) groups is 1. The average Bonchev–Trinajstić information content (AvgIpc) is 2.54. The van der Waals surface area contributed by atoms with Gasteiger partial charge in [-0.2, -0.15) is 0 Å². The van der Waals surface area contributed by atoms with Crippen molar-refractivity contribution in [1.82, 2.24) is 4.98 Å². The lowest BCUT2D eigenvalue weighted by molar-refractivity contribution is -0.142. The number of hydrogen-bond donors (Lipinski definition) is 0. The molecule has 21 heavy (non-hydrogen) atoms. The highest BCUT2D eigenvalue weighted by Gasteiger charge is 2.40. The first-order valence-corrected chi connectivity index (χ1v) is 8.33. The average molecular weight is 287 g/mol. The predicted molar refractivity (Wildman–Crippen MR) is 82.1 cm³/mol. The van der Waals surface area contributed by atoms with Crippen molar-refractivity contribution in [3.63, 3.8) is 0 Å². The third-order valence-electron chi connectivity index (χ3n) is 5.12. The molecule has 0 N–H and O–H groups in total. The van der Waals surface area contributed by atoms with E-state index in [0.29, 0.717) is 12.2 Å². The Morgan fingerprint density at radius 3 is 2.76 bits per heavy atom. The highest BCUT2D eigenvalue weighted by Crippen LogP contribution is 2.41. The van der Waals surface area contributed by atoms with Crippen molar-refractivity contribution in [2.24, 2.45) is 5.92 Å². The summed E-state index contributed by atoms with van der Waals surface area (Å²) in [5.41, 5.74) is 1.24. The van der Waals surface area contributed by atoms with Crippen LogP contribution in [-0.4, -0.2) is 23.0 Å². The van der Waals surface area contributed by atoms with Gasteiger partial charge in [-0.15, -0.1) is 0 Å². The fourth-order valence-electron chi connectivity index (χ4n) is 3.87. The molecule has 0 amide bonds. The second-order valence-corrected chi connectivity index (χ2v) is 6.60. The van der Waals surface area contributed by atoms with Crippen molar-refractivity contribution in [3.05, 3.63) is 30.1 Å². The number of nitrogens with zero attached hydrogens (tertiary/aromatic N) is 1. The number of aromatic nitrogens is 1.